The van der Waals surface area contributed by atoms with Gasteiger partial charge in [-0.25, -0.2) is 4.79 Å². The molecule has 6 heteroatoms. The second-order valence-corrected chi connectivity index (χ2v) is 6.50. The first kappa shape index (κ1) is 14.8. The molecule has 1 aliphatic heterocycles. The highest BCUT2D eigenvalue weighted by molar-refractivity contribution is 5.83. The van der Waals surface area contributed by atoms with Gasteiger partial charge in [0.1, 0.15) is 11.4 Å². The molecule has 2 rings (SSSR count). The molecule has 1 saturated carbocycles. The molecule has 2 fully saturated rings. The molecule has 1 heterocycles. The van der Waals surface area contributed by atoms with Crippen LogP contribution in [0.2, 0.25) is 0 Å². The minimum Gasteiger partial charge on any atom is -0.444 e. The second kappa shape index (κ2) is 5.07. The van der Waals surface area contributed by atoms with Crippen LogP contribution in [-0.4, -0.2) is 51.9 Å². The Bertz CT molecular complexity index is 441. The number of carbonyl (C=O) groups excluding carboxylic acids is 3. The van der Waals surface area contributed by atoms with Gasteiger partial charge >= 0.3 is 6.09 Å². The van der Waals surface area contributed by atoms with E-state index >= 15 is 0 Å². The number of rotatable bonds is 0. The third-order valence-electron chi connectivity index (χ3n) is 3.74. The first-order valence-corrected chi connectivity index (χ1v) is 6.97. The topological polar surface area (TPSA) is 66.9 Å². The molecule has 20 heavy (non-hydrogen) atoms. The van der Waals surface area contributed by atoms with Crippen LogP contribution in [-0.2, 0) is 14.3 Å². The molecule has 112 valence electrons. The molecule has 0 unspecified atom stereocenters. The van der Waals surface area contributed by atoms with Crippen molar-refractivity contribution in [1.82, 2.24) is 9.80 Å². The van der Waals surface area contributed by atoms with Gasteiger partial charge in [-0.2, -0.15) is 0 Å². The quantitative estimate of drug-likeness (QED) is 0.676. The monoisotopic (exact) mass is 282 g/mol. The highest BCUT2D eigenvalue weighted by atomic mass is 16.6. The number of hydrogen-bond donors (Lipinski definition) is 0. The molecular formula is C14H22N2O4. The van der Waals surface area contributed by atoms with Crippen molar-refractivity contribution in [2.75, 3.05) is 6.67 Å². The fourth-order valence-electron chi connectivity index (χ4n) is 2.87. The van der Waals surface area contributed by atoms with E-state index < -0.39 is 11.7 Å². The van der Waals surface area contributed by atoms with Gasteiger partial charge in [-0.15, -0.1) is 0 Å². The first-order chi connectivity index (χ1) is 9.19. The number of nitrogens with zero attached hydrogens (tertiary/aromatic N) is 2. The predicted molar refractivity (Wildman–Crippen MR) is 71.9 cm³/mol. The number of hydrogen-bond acceptors (Lipinski definition) is 4. The van der Waals surface area contributed by atoms with Gasteiger partial charge in [-0.05, 0) is 27.2 Å². The first-order valence-electron chi connectivity index (χ1n) is 6.97. The van der Waals surface area contributed by atoms with E-state index in [0.29, 0.717) is 19.3 Å². The van der Waals surface area contributed by atoms with Gasteiger partial charge in [0.25, 0.3) is 0 Å². The number of Topliss-reactive ketones (excluding diaryl/α,β-unsaturated/α-hetero) is 1. The molecule has 0 aromatic carbocycles. The van der Waals surface area contributed by atoms with E-state index in [2.05, 4.69) is 0 Å². The summed E-state index contributed by atoms with van der Waals surface area (Å²) < 4.78 is 5.39. The summed E-state index contributed by atoms with van der Waals surface area (Å²) in [5, 5.41) is 0. The molecule has 6 nitrogen and oxygen atoms in total. The van der Waals surface area contributed by atoms with E-state index in [0.717, 1.165) is 0 Å². The van der Waals surface area contributed by atoms with Crippen molar-refractivity contribution >= 4 is 17.8 Å². The Morgan fingerprint density at radius 2 is 1.85 bits per heavy atom. The van der Waals surface area contributed by atoms with E-state index in [1.807, 2.05) is 20.8 Å². The number of fused-ring (bicyclic) bond motifs is 1. The molecule has 1 saturated heterocycles. The Balaban J connectivity index is 2.17. The number of ketones is 1. The summed E-state index contributed by atoms with van der Waals surface area (Å²) in [6.07, 6.45) is 0.994. The largest absolute Gasteiger partial charge is 0.444 e. The van der Waals surface area contributed by atoms with Gasteiger partial charge in [-0.1, -0.05) is 0 Å². The minimum absolute atomic E-state index is 0.105. The number of carbonyl (C=O) groups is 3. The van der Waals surface area contributed by atoms with Crippen molar-refractivity contribution in [2.24, 2.45) is 0 Å². The lowest BCUT2D eigenvalue weighted by Crippen LogP contribution is -2.46. The molecule has 1 aliphatic carbocycles. The lowest BCUT2D eigenvalue weighted by molar-refractivity contribution is -0.131. The Hall–Kier alpha value is -1.59. The zero-order chi connectivity index (χ0) is 15.1. The van der Waals surface area contributed by atoms with E-state index in [1.54, 1.807) is 9.80 Å². The van der Waals surface area contributed by atoms with Crippen molar-refractivity contribution in [3.05, 3.63) is 0 Å². The minimum atomic E-state index is -0.569. The Morgan fingerprint density at radius 3 is 2.40 bits per heavy atom. The molecule has 0 aromatic heterocycles. The summed E-state index contributed by atoms with van der Waals surface area (Å²) >= 11 is 0. The van der Waals surface area contributed by atoms with Gasteiger partial charge in [0.05, 0.1) is 18.8 Å². The number of amides is 2. The fraction of sp³-hybridized carbons (Fsp3) is 0.786. The summed E-state index contributed by atoms with van der Waals surface area (Å²) in [4.78, 5) is 38.7. The molecular weight excluding hydrogens is 260 g/mol. The molecule has 0 radical (unpaired) electrons. The summed E-state index contributed by atoms with van der Waals surface area (Å²) in [7, 11) is 0. The van der Waals surface area contributed by atoms with E-state index in [9.17, 15) is 14.4 Å². The summed E-state index contributed by atoms with van der Waals surface area (Å²) in [6.45, 7) is 7.12. The van der Waals surface area contributed by atoms with Crippen molar-refractivity contribution < 1.29 is 19.1 Å². The van der Waals surface area contributed by atoms with Gasteiger partial charge < -0.3 is 9.64 Å². The summed E-state index contributed by atoms with van der Waals surface area (Å²) in [6, 6.07) is -0.298. The van der Waals surface area contributed by atoms with Crippen LogP contribution in [0.25, 0.3) is 0 Å². The standard InChI is InChI=1S/C14H22N2O4/c1-9(17)15-8-16(13(19)20-14(2,3)4)11-6-5-10(18)7-12(11)15/h11-12H,5-8H2,1-4H3/t11-,12-/m0/s1. The van der Waals surface area contributed by atoms with Crippen molar-refractivity contribution in [1.29, 1.82) is 0 Å². The summed E-state index contributed by atoms with van der Waals surface area (Å²) in [5.41, 5.74) is -0.569. The number of ether oxygens (including phenoxy) is 1. The van der Waals surface area contributed by atoms with Crippen LogP contribution >= 0.6 is 0 Å². The molecule has 2 atom stereocenters. The Kier molecular flexibility index (Phi) is 3.75. The van der Waals surface area contributed by atoms with Crippen molar-refractivity contribution in [2.45, 2.75) is 64.6 Å². The van der Waals surface area contributed by atoms with Crippen LogP contribution in [0.3, 0.4) is 0 Å². The fourth-order valence-corrected chi connectivity index (χ4v) is 2.87. The van der Waals surface area contributed by atoms with Gasteiger partial charge in [0, 0.05) is 19.8 Å². The molecule has 2 aliphatic rings. The van der Waals surface area contributed by atoms with Gasteiger partial charge in [0.2, 0.25) is 5.91 Å². The lowest BCUT2D eigenvalue weighted by Gasteiger charge is -2.31. The van der Waals surface area contributed by atoms with Gasteiger partial charge in [-0.3, -0.25) is 14.5 Å². The normalized spacial score (nSPS) is 26.5. The predicted octanol–water partition coefficient (Wildman–Crippen LogP) is 1.53. The van der Waals surface area contributed by atoms with Crippen LogP contribution in [0.5, 0.6) is 0 Å². The van der Waals surface area contributed by atoms with E-state index in [1.165, 1.54) is 6.92 Å². The van der Waals surface area contributed by atoms with Crippen LogP contribution in [0.4, 0.5) is 4.79 Å². The molecule has 0 spiro atoms. The average molecular weight is 282 g/mol. The highest BCUT2D eigenvalue weighted by Crippen LogP contribution is 2.32. The summed E-state index contributed by atoms with van der Waals surface area (Å²) in [5.74, 6) is 0.0456. The maximum atomic E-state index is 12.2. The zero-order valence-corrected chi connectivity index (χ0v) is 12.5. The lowest BCUT2D eigenvalue weighted by atomic mass is 9.89. The van der Waals surface area contributed by atoms with Crippen LogP contribution in [0.15, 0.2) is 0 Å². The second-order valence-electron chi connectivity index (χ2n) is 6.50. The van der Waals surface area contributed by atoms with Crippen LogP contribution in [0.1, 0.15) is 47.0 Å². The maximum Gasteiger partial charge on any atom is 0.412 e. The third kappa shape index (κ3) is 2.94. The van der Waals surface area contributed by atoms with Gasteiger partial charge in [0.15, 0.2) is 0 Å². The average Bonchev–Trinajstić information content (AvgIpc) is 2.65. The van der Waals surface area contributed by atoms with Crippen molar-refractivity contribution in [3.63, 3.8) is 0 Å². The van der Waals surface area contributed by atoms with E-state index in [4.69, 9.17) is 4.74 Å². The zero-order valence-electron chi connectivity index (χ0n) is 12.5. The Morgan fingerprint density at radius 1 is 1.20 bits per heavy atom. The Labute approximate surface area is 119 Å². The van der Waals surface area contributed by atoms with E-state index in [-0.39, 0.29) is 30.4 Å². The van der Waals surface area contributed by atoms with Crippen molar-refractivity contribution in [3.8, 4) is 0 Å². The smallest absolute Gasteiger partial charge is 0.412 e. The third-order valence-corrected chi connectivity index (χ3v) is 3.74. The molecule has 0 N–H and O–H groups in total. The maximum absolute atomic E-state index is 12.2. The highest BCUT2D eigenvalue weighted by Gasteiger charge is 2.47. The SMILES string of the molecule is CC(=O)N1CN(C(=O)OC(C)(C)C)[C@H]2CCC(=O)C[C@@H]21. The molecule has 0 aromatic rings. The van der Waals surface area contributed by atoms with Crippen LogP contribution in [0, 0.1) is 0 Å². The van der Waals surface area contributed by atoms with Crippen LogP contribution < -0.4 is 0 Å². The molecule has 0 bridgehead atoms. The molecule has 2 amide bonds.